The molecule has 7 heterocycles. The van der Waals surface area contributed by atoms with Gasteiger partial charge in [-0.15, -0.1) is 0 Å². The molecule has 75 heavy (non-hydrogen) atoms. The van der Waals surface area contributed by atoms with Crippen LogP contribution in [0.1, 0.15) is 229 Å². The molecule has 8 rings (SSSR count). The van der Waals surface area contributed by atoms with Crippen LogP contribution >= 0.6 is 0 Å². The third kappa shape index (κ3) is 31.0. The number of hydrogen-bond acceptors (Lipinski definition) is 7. The topological polar surface area (TPSA) is 122 Å². The maximum atomic E-state index is 4.45. The van der Waals surface area contributed by atoms with Crippen LogP contribution in [0.25, 0.3) is 33.1 Å². The predicted octanol–water partition coefficient (Wildman–Crippen LogP) is 20.0. The maximum Gasteiger partial charge on any atom is 0.177 e. The van der Waals surface area contributed by atoms with Crippen LogP contribution in [0, 0.1) is 5.41 Å². The Bertz CT molecular complexity index is 2460. The number of hydrogen-bond donors (Lipinski definition) is 2. The van der Waals surface area contributed by atoms with Gasteiger partial charge in [-0.1, -0.05) is 225 Å². The standard InChI is InChI=1S/C13H15N.C11H14N2.C10H13N3.C9H13N.C8H12N2.C5H12.5C2H6/c1-13(2,3)11-8-10-6-4-5-7-12(10)14-9-11;1-11(2,3)9-6-8-4-5-12-10(8)13-7-9;1-10(2,3)7-4-8-9(11-5-7)13-6-12-8;1-9(2,3)8-5-4-6-10-7-8;1-8(2,3)7-4-9-6-10-5-7;1-5(2,3)4;5*1-2/h4-9H,1-3H3;4-7H,1-3H3,(H,12,13);4-6H,1-3H3,(H,11,12,13);4-7H,1-3H3;4-6H,1-3H3;1-4H3;5*1-2H3. The van der Waals surface area contributed by atoms with Crippen molar-refractivity contribution in [3.63, 3.8) is 0 Å². The summed E-state index contributed by atoms with van der Waals surface area (Å²) in [6.45, 7) is 61.5. The van der Waals surface area contributed by atoms with Crippen LogP contribution in [0.5, 0.6) is 0 Å². The van der Waals surface area contributed by atoms with Gasteiger partial charge in [0.25, 0.3) is 0 Å². The zero-order valence-corrected chi connectivity index (χ0v) is 53.2. The van der Waals surface area contributed by atoms with E-state index in [1.807, 2.05) is 131 Å². The van der Waals surface area contributed by atoms with Gasteiger partial charge in [0.15, 0.2) is 5.65 Å². The second-order valence-electron chi connectivity index (χ2n) is 23.2. The summed E-state index contributed by atoms with van der Waals surface area (Å²) in [5, 5.41) is 2.41. The SMILES string of the molecule is CC.CC.CC.CC.CC.CC(C)(C)C.CC(C)(C)c1cccnc1.CC(C)(C)c1cnc2[nH]ccc2c1.CC(C)(C)c1cnc2ccccc2c1.CC(C)(C)c1cnc2nc[nH]c2c1.CC(C)(C)c1cncnc1. The molecule has 0 unspecified atom stereocenters. The summed E-state index contributed by atoms with van der Waals surface area (Å²) in [5.74, 6) is 0. The smallest absolute Gasteiger partial charge is 0.177 e. The van der Waals surface area contributed by atoms with Crippen molar-refractivity contribution in [1.82, 2.24) is 44.9 Å². The molecule has 0 atom stereocenters. The van der Waals surface area contributed by atoms with Crippen molar-refractivity contribution < 1.29 is 0 Å². The first-order valence-corrected chi connectivity index (χ1v) is 27.7. The van der Waals surface area contributed by atoms with E-state index in [9.17, 15) is 0 Å². The lowest BCUT2D eigenvalue weighted by molar-refractivity contribution is 0.469. The van der Waals surface area contributed by atoms with Crippen molar-refractivity contribution in [2.45, 2.75) is 228 Å². The fourth-order valence-corrected chi connectivity index (χ4v) is 5.56. The first kappa shape index (κ1) is 73.4. The molecular formula is C66H109N9. The Kier molecular flexibility index (Phi) is 35.4. The molecule has 0 saturated heterocycles. The highest BCUT2D eigenvalue weighted by molar-refractivity contribution is 5.79. The first-order chi connectivity index (χ1) is 34.9. The van der Waals surface area contributed by atoms with Gasteiger partial charge in [-0.25, -0.2) is 24.9 Å². The Balaban J connectivity index is -0.000000814. The number of benzene rings is 1. The van der Waals surface area contributed by atoms with Crippen molar-refractivity contribution in [2.24, 2.45) is 5.41 Å². The van der Waals surface area contributed by atoms with E-state index >= 15 is 0 Å². The highest BCUT2D eigenvalue weighted by atomic mass is 14.9. The number of H-pyrrole nitrogens is 2. The Hall–Kier alpha value is -5.83. The molecule has 0 radical (unpaired) electrons. The zero-order chi connectivity index (χ0) is 58.9. The Morgan fingerprint density at radius 3 is 1.23 bits per heavy atom. The van der Waals surface area contributed by atoms with Crippen molar-refractivity contribution in [3.05, 3.63) is 151 Å². The number of rotatable bonds is 0. The summed E-state index contributed by atoms with van der Waals surface area (Å²) in [6, 6.07) is 20.9. The molecule has 0 aliphatic carbocycles. The van der Waals surface area contributed by atoms with Gasteiger partial charge in [0, 0.05) is 60.3 Å². The second-order valence-corrected chi connectivity index (χ2v) is 23.2. The fourth-order valence-electron chi connectivity index (χ4n) is 5.56. The van der Waals surface area contributed by atoms with Gasteiger partial charge in [0.1, 0.15) is 12.0 Å². The van der Waals surface area contributed by atoms with Gasteiger partial charge in [0.05, 0.1) is 17.4 Å². The van der Waals surface area contributed by atoms with Gasteiger partial charge in [0.2, 0.25) is 0 Å². The third-order valence-corrected chi connectivity index (χ3v) is 9.82. The fraction of sp³-hybridized carbons (Fsp3) is 0.530. The number of para-hydroxylation sites is 1. The average molecular weight is 1030 g/mol. The summed E-state index contributed by atoms with van der Waals surface area (Å²) in [6.07, 6.45) is 18.4. The minimum atomic E-state index is 0.145. The Morgan fingerprint density at radius 1 is 0.360 bits per heavy atom. The Morgan fingerprint density at radius 2 is 0.787 bits per heavy atom. The molecule has 9 heteroatoms. The summed E-state index contributed by atoms with van der Waals surface area (Å²) >= 11 is 0. The van der Waals surface area contributed by atoms with Crippen molar-refractivity contribution >= 4 is 33.1 Å². The van der Waals surface area contributed by atoms with E-state index in [0.717, 1.165) is 22.3 Å². The van der Waals surface area contributed by atoms with E-state index < -0.39 is 0 Å². The second kappa shape index (κ2) is 36.2. The van der Waals surface area contributed by atoms with Crippen molar-refractivity contribution in [1.29, 1.82) is 0 Å². The summed E-state index contributed by atoms with van der Waals surface area (Å²) in [5.41, 5.74) is 11.5. The van der Waals surface area contributed by atoms with E-state index in [0.29, 0.717) is 5.41 Å². The number of aromatic nitrogens is 9. The molecule has 418 valence electrons. The molecule has 8 aromatic rings. The first-order valence-electron chi connectivity index (χ1n) is 27.7. The van der Waals surface area contributed by atoms with Gasteiger partial charge in [-0.3, -0.25) is 9.97 Å². The highest BCUT2D eigenvalue weighted by Gasteiger charge is 2.17. The lowest BCUT2D eigenvalue weighted by Gasteiger charge is -2.18. The zero-order valence-electron chi connectivity index (χ0n) is 53.2. The molecule has 2 N–H and O–H groups in total. The number of aromatic amines is 2. The third-order valence-electron chi connectivity index (χ3n) is 9.82. The minimum absolute atomic E-state index is 0.145. The van der Waals surface area contributed by atoms with E-state index in [2.05, 4.69) is 219 Å². The maximum absolute atomic E-state index is 4.45. The average Bonchev–Trinajstić information content (AvgIpc) is 4.06. The molecule has 0 aliphatic heterocycles. The molecule has 0 aliphatic rings. The quantitative estimate of drug-likeness (QED) is 0.155. The molecule has 9 nitrogen and oxygen atoms in total. The van der Waals surface area contributed by atoms with Gasteiger partial charge < -0.3 is 9.97 Å². The number of pyridine rings is 4. The molecule has 0 bridgehead atoms. The van der Waals surface area contributed by atoms with Crippen LogP contribution in [0.4, 0.5) is 0 Å². The van der Waals surface area contributed by atoms with Gasteiger partial charge in [-0.2, -0.15) is 0 Å². The molecule has 0 saturated carbocycles. The molecule has 0 amide bonds. The summed E-state index contributed by atoms with van der Waals surface area (Å²) < 4.78 is 0. The van der Waals surface area contributed by atoms with Crippen LogP contribution in [-0.4, -0.2) is 44.9 Å². The molecule has 0 spiro atoms. The highest BCUT2D eigenvalue weighted by Crippen LogP contribution is 2.26. The van der Waals surface area contributed by atoms with Crippen LogP contribution in [0.3, 0.4) is 0 Å². The monoisotopic (exact) mass is 1030 g/mol. The van der Waals surface area contributed by atoms with E-state index in [4.69, 9.17) is 0 Å². The van der Waals surface area contributed by atoms with Crippen LogP contribution in [-0.2, 0) is 27.1 Å². The summed E-state index contributed by atoms with van der Waals surface area (Å²) in [7, 11) is 0. The normalized spacial score (nSPS) is 10.7. The van der Waals surface area contributed by atoms with Gasteiger partial charge >= 0.3 is 0 Å². The number of nitrogens with one attached hydrogen (secondary N) is 2. The van der Waals surface area contributed by atoms with Gasteiger partial charge in [-0.05, 0) is 96.7 Å². The van der Waals surface area contributed by atoms with E-state index in [1.54, 1.807) is 18.9 Å². The van der Waals surface area contributed by atoms with Crippen LogP contribution < -0.4 is 0 Å². The summed E-state index contributed by atoms with van der Waals surface area (Å²) in [4.78, 5) is 35.2. The number of fused-ring (bicyclic) bond motifs is 3. The lowest BCUT2D eigenvalue weighted by atomic mass is 9.88. The van der Waals surface area contributed by atoms with Crippen LogP contribution in [0.15, 0.2) is 123 Å². The molecule has 7 aromatic heterocycles. The molecule has 1 aromatic carbocycles. The van der Waals surface area contributed by atoms with E-state index in [-0.39, 0.29) is 27.1 Å². The number of imidazole rings is 1. The van der Waals surface area contributed by atoms with E-state index in [1.165, 1.54) is 38.6 Å². The number of nitrogens with zero attached hydrogens (tertiary/aromatic N) is 7. The predicted molar refractivity (Wildman–Crippen MR) is 333 cm³/mol. The van der Waals surface area contributed by atoms with Crippen molar-refractivity contribution in [2.75, 3.05) is 0 Å². The van der Waals surface area contributed by atoms with Crippen LogP contribution in [0.2, 0.25) is 0 Å². The largest absolute Gasteiger partial charge is 0.346 e. The molecular weight excluding hydrogens is 919 g/mol. The molecule has 0 fully saturated rings. The lowest BCUT2D eigenvalue weighted by Crippen LogP contribution is -2.11. The Labute approximate surface area is 459 Å². The minimum Gasteiger partial charge on any atom is -0.346 e. The van der Waals surface area contributed by atoms with Crippen molar-refractivity contribution in [3.8, 4) is 0 Å².